The van der Waals surface area contributed by atoms with Crippen LogP contribution in [0.1, 0.15) is 79.1 Å². The summed E-state index contributed by atoms with van der Waals surface area (Å²) in [6.07, 6.45) is 28.7. The molecule has 0 fully saturated rings. The molecule has 0 aromatic carbocycles. The van der Waals surface area contributed by atoms with E-state index in [2.05, 4.69) is 76.3 Å². The minimum absolute atomic E-state index is 0.866. The van der Waals surface area contributed by atoms with Gasteiger partial charge in [0.2, 0.25) is 0 Å². The van der Waals surface area contributed by atoms with Gasteiger partial charge in [-0.3, -0.25) is 0 Å². The Morgan fingerprint density at radius 1 is 0.500 bits per heavy atom. The molecule has 0 aromatic heterocycles. The number of hydrogen-bond donors (Lipinski definition) is 0. The Labute approximate surface area is 151 Å². The fourth-order valence-corrected chi connectivity index (χ4v) is 3.07. The molecule has 0 saturated heterocycles. The molecule has 2 unspecified atom stereocenters. The van der Waals surface area contributed by atoms with Gasteiger partial charge >= 0.3 is 0 Å². The third-order valence-electron chi connectivity index (χ3n) is 4.99. The van der Waals surface area contributed by atoms with Gasteiger partial charge in [0.15, 0.2) is 0 Å². The van der Waals surface area contributed by atoms with Crippen LogP contribution in [-0.4, -0.2) is 0 Å². The van der Waals surface area contributed by atoms with Crippen LogP contribution in [0.25, 0.3) is 0 Å². The molecule has 0 heteroatoms. The summed E-state index contributed by atoms with van der Waals surface area (Å²) in [7, 11) is 0. The third-order valence-corrected chi connectivity index (χ3v) is 4.99. The van der Waals surface area contributed by atoms with Crippen molar-refractivity contribution in [1.82, 2.24) is 0 Å². The molecule has 0 amide bonds. The highest BCUT2D eigenvalue weighted by atomic mass is 14.1. The van der Waals surface area contributed by atoms with Crippen LogP contribution < -0.4 is 0 Å². The molecule has 136 valence electrons. The van der Waals surface area contributed by atoms with Crippen LogP contribution in [0.5, 0.6) is 0 Å². The first-order valence-corrected chi connectivity index (χ1v) is 10.2. The molecule has 0 saturated carbocycles. The maximum atomic E-state index is 2.28. The summed E-state index contributed by atoms with van der Waals surface area (Å²) < 4.78 is 0. The smallest absolute Gasteiger partial charge is 0.0259 e. The van der Waals surface area contributed by atoms with Gasteiger partial charge in [-0.1, -0.05) is 76.3 Å². The highest BCUT2D eigenvalue weighted by molar-refractivity contribution is 4.94. The molecular formula is C24H40. The van der Waals surface area contributed by atoms with E-state index in [0.29, 0.717) is 0 Å². The number of hydrogen-bond acceptors (Lipinski definition) is 0. The summed E-state index contributed by atoms with van der Waals surface area (Å²) in [4.78, 5) is 0. The SMILES string of the molecule is CC1C=CCC1.CC1C=CCC1.CC1CC=CC1.CC1CC=CC1. The minimum atomic E-state index is 0.866. The van der Waals surface area contributed by atoms with Crippen molar-refractivity contribution in [1.29, 1.82) is 0 Å². The average Bonchev–Trinajstić information content (AvgIpc) is 3.31. The molecule has 4 rings (SSSR count). The fourth-order valence-electron chi connectivity index (χ4n) is 3.07. The lowest BCUT2D eigenvalue weighted by Crippen LogP contribution is -1.79. The van der Waals surface area contributed by atoms with E-state index in [0.717, 1.165) is 23.7 Å². The quantitative estimate of drug-likeness (QED) is 0.396. The van der Waals surface area contributed by atoms with E-state index in [1.807, 2.05) is 0 Å². The lowest BCUT2D eigenvalue weighted by Gasteiger charge is -1.92. The highest BCUT2D eigenvalue weighted by Crippen LogP contribution is 2.16. The molecule has 24 heavy (non-hydrogen) atoms. The molecule has 2 atom stereocenters. The van der Waals surface area contributed by atoms with E-state index in [-0.39, 0.29) is 0 Å². The molecular weight excluding hydrogens is 288 g/mol. The van der Waals surface area contributed by atoms with Crippen molar-refractivity contribution in [2.45, 2.75) is 79.1 Å². The van der Waals surface area contributed by atoms with Crippen molar-refractivity contribution in [3.05, 3.63) is 48.6 Å². The molecule has 0 N–H and O–H groups in total. The molecule has 0 radical (unpaired) electrons. The zero-order valence-corrected chi connectivity index (χ0v) is 16.6. The summed E-state index contributed by atoms with van der Waals surface area (Å²) >= 11 is 0. The van der Waals surface area contributed by atoms with E-state index in [1.165, 1.54) is 51.4 Å². The van der Waals surface area contributed by atoms with Crippen molar-refractivity contribution >= 4 is 0 Å². The highest BCUT2D eigenvalue weighted by Gasteiger charge is 2.01. The Hall–Kier alpha value is -1.04. The van der Waals surface area contributed by atoms with Crippen molar-refractivity contribution < 1.29 is 0 Å². The van der Waals surface area contributed by atoms with E-state index < -0.39 is 0 Å². The van der Waals surface area contributed by atoms with Crippen molar-refractivity contribution in [3.63, 3.8) is 0 Å². The fraction of sp³-hybridized carbons (Fsp3) is 0.667. The number of allylic oxidation sites excluding steroid dienone is 8. The van der Waals surface area contributed by atoms with Crippen LogP contribution >= 0.6 is 0 Å². The van der Waals surface area contributed by atoms with Gasteiger partial charge in [-0.15, -0.1) is 0 Å². The summed E-state index contributed by atoms with van der Waals surface area (Å²) in [5.74, 6) is 3.60. The number of rotatable bonds is 0. The first kappa shape index (κ1) is 21.0. The molecule has 0 aliphatic heterocycles. The molecule has 4 aliphatic carbocycles. The van der Waals surface area contributed by atoms with Crippen LogP contribution in [0.2, 0.25) is 0 Å². The van der Waals surface area contributed by atoms with E-state index >= 15 is 0 Å². The Balaban J connectivity index is 0.000000160. The molecule has 0 spiro atoms. The topological polar surface area (TPSA) is 0 Å². The van der Waals surface area contributed by atoms with Gasteiger partial charge in [-0.2, -0.15) is 0 Å². The van der Waals surface area contributed by atoms with Gasteiger partial charge in [0.25, 0.3) is 0 Å². The minimum Gasteiger partial charge on any atom is -0.0883 e. The van der Waals surface area contributed by atoms with Crippen LogP contribution in [0.15, 0.2) is 48.6 Å². The predicted octanol–water partition coefficient (Wildman–Crippen LogP) is 7.89. The summed E-state index contributed by atoms with van der Waals surface area (Å²) in [6, 6.07) is 0. The van der Waals surface area contributed by atoms with Gasteiger partial charge in [0, 0.05) is 0 Å². The van der Waals surface area contributed by atoms with Gasteiger partial charge in [0.1, 0.15) is 0 Å². The predicted molar refractivity (Wildman–Crippen MR) is 110 cm³/mol. The zero-order valence-electron chi connectivity index (χ0n) is 16.6. The van der Waals surface area contributed by atoms with E-state index in [9.17, 15) is 0 Å². The van der Waals surface area contributed by atoms with Gasteiger partial charge in [0.05, 0.1) is 0 Å². The monoisotopic (exact) mass is 328 g/mol. The molecule has 0 aromatic rings. The lowest BCUT2D eigenvalue weighted by molar-refractivity contribution is 0.638. The normalized spacial score (nSPS) is 27.3. The molecule has 0 bridgehead atoms. The summed E-state index contributed by atoms with van der Waals surface area (Å²) in [5, 5.41) is 0. The maximum Gasteiger partial charge on any atom is -0.0259 e. The Kier molecular flexibility index (Phi) is 11.6. The second-order valence-corrected chi connectivity index (χ2v) is 8.06. The van der Waals surface area contributed by atoms with Crippen molar-refractivity contribution in [2.24, 2.45) is 23.7 Å². The van der Waals surface area contributed by atoms with Crippen LogP contribution in [0.3, 0.4) is 0 Å². The van der Waals surface area contributed by atoms with E-state index in [4.69, 9.17) is 0 Å². The first-order chi connectivity index (χ1) is 11.6. The van der Waals surface area contributed by atoms with Crippen molar-refractivity contribution in [2.75, 3.05) is 0 Å². The maximum absolute atomic E-state index is 2.28. The molecule has 4 aliphatic rings. The second-order valence-electron chi connectivity index (χ2n) is 8.06. The van der Waals surface area contributed by atoms with Gasteiger partial charge < -0.3 is 0 Å². The Morgan fingerprint density at radius 2 is 0.833 bits per heavy atom. The second kappa shape index (κ2) is 13.3. The van der Waals surface area contributed by atoms with Crippen molar-refractivity contribution in [3.8, 4) is 0 Å². The third kappa shape index (κ3) is 11.5. The summed E-state index contributed by atoms with van der Waals surface area (Å²) in [5.41, 5.74) is 0. The zero-order chi connectivity index (χ0) is 17.6. The van der Waals surface area contributed by atoms with Gasteiger partial charge in [-0.05, 0) is 75.0 Å². The summed E-state index contributed by atoms with van der Waals surface area (Å²) in [6.45, 7) is 9.06. The largest absolute Gasteiger partial charge is 0.0883 e. The molecule has 0 heterocycles. The lowest BCUT2D eigenvalue weighted by atomic mass is 10.1. The van der Waals surface area contributed by atoms with Crippen LogP contribution in [0, 0.1) is 23.7 Å². The molecule has 0 nitrogen and oxygen atoms in total. The Bertz CT molecular complexity index is 354. The average molecular weight is 329 g/mol. The first-order valence-electron chi connectivity index (χ1n) is 10.2. The van der Waals surface area contributed by atoms with Gasteiger partial charge in [-0.25, -0.2) is 0 Å². The Morgan fingerprint density at radius 3 is 0.917 bits per heavy atom. The van der Waals surface area contributed by atoms with E-state index in [1.54, 1.807) is 0 Å². The standard InChI is InChI=1S/4C6H10/c4*1-6-4-2-3-5-6/h2*2,4,6H,3,5H2,1H3;2*2-3,6H,4-5H2,1H3. The van der Waals surface area contributed by atoms with Crippen LogP contribution in [0.4, 0.5) is 0 Å². The van der Waals surface area contributed by atoms with Crippen LogP contribution in [-0.2, 0) is 0 Å².